The fourth-order valence-electron chi connectivity index (χ4n) is 1.46. The minimum atomic E-state index is -1.48. The number of halogens is 1. The van der Waals surface area contributed by atoms with Crippen LogP contribution in [-0.2, 0) is 0 Å². The molecule has 0 aliphatic heterocycles. The van der Waals surface area contributed by atoms with E-state index in [2.05, 4.69) is 84.5 Å². The molecule has 0 atom stereocenters. The molecule has 0 aromatic heterocycles. The van der Waals surface area contributed by atoms with Crippen molar-refractivity contribution in [1.29, 1.82) is 0 Å². The van der Waals surface area contributed by atoms with E-state index < -0.39 is 16.5 Å². The van der Waals surface area contributed by atoms with Gasteiger partial charge in [-0.15, -0.1) is 0 Å². The molecule has 0 aliphatic carbocycles. The van der Waals surface area contributed by atoms with Gasteiger partial charge in [-0.3, -0.25) is 0 Å². The molecule has 1 rings (SSSR count). The van der Waals surface area contributed by atoms with Gasteiger partial charge in [-0.1, -0.05) is 47.7 Å². The van der Waals surface area contributed by atoms with Crippen molar-refractivity contribution in [3.05, 3.63) is 34.3 Å². The minimum Gasteiger partial charge on any atom is -0.396 e. The van der Waals surface area contributed by atoms with E-state index >= 15 is 0 Å². The third-order valence-electron chi connectivity index (χ3n) is 2.06. The van der Waals surface area contributed by atoms with Crippen LogP contribution >= 0.6 is 15.9 Å². The van der Waals surface area contributed by atoms with Gasteiger partial charge in [-0.2, -0.15) is 0 Å². The predicted molar refractivity (Wildman–Crippen MR) is 90.5 cm³/mol. The average Bonchev–Trinajstić information content (AvgIpc) is 2.13. The fourth-order valence-corrected chi connectivity index (χ4v) is 3.61. The first-order chi connectivity index (χ1) is 8.07. The normalized spacial score (nSPS) is 13.6. The van der Waals surface area contributed by atoms with E-state index in [0.29, 0.717) is 0 Å². The molecule has 0 amide bonds. The lowest BCUT2D eigenvalue weighted by Gasteiger charge is -2.24. The summed E-state index contributed by atoms with van der Waals surface area (Å²) in [6.07, 6.45) is 0. The monoisotopic (exact) mass is 342 g/mol. The van der Waals surface area contributed by atoms with Crippen LogP contribution in [0.4, 0.5) is 0 Å². The van der Waals surface area contributed by atoms with E-state index in [0.717, 1.165) is 10.3 Å². The first-order valence-electron chi connectivity index (χ1n) is 6.21. The second-order valence-electron chi connectivity index (χ2n) is 6.51. The highest BCUT2D eigenvalue weighted by molar-refractivity contribution is 9.10. The van der Waals surface area contributed by atoms with Gasteiger partial charge >= 0.3 is 0 Å². The Kier molecular flexibility index (Phi) is 4.97. The van der Waals surface area contributed by atoms with Gasteiger partial charge in [0.15, 0.2) is 8.24 Å². The maximum atomic E-state index is 4.96. The summed E-state index contributed by atoms with van der Waals surface area (Å²) < 4.78 is 6.06. The van der Waals surface area contributed by atoms with E-state index in [-0.39, 0.29) is 0 Å². The maximum Gasteiger partial charge on any atom is 0.175 e. The molecule has 2 nitrogen and oxygen atoms in total. The smallest absolute Gasteiger partial charge is 0.175 e. The Labute approximate surface area is 121 Å². The van der Waals surface area contributed by atoms with Crippen LogP contribution in [0.2, 0.25) is 39.3 Å². The summed E-state index contributed by atoms with van der Waals surface area (Å²) in [7, 11) is -2.87. The zero-order valence-corrected chi connectivity index (χ0v) is 15.7. The van der Waals surface area contributed by atoms with Crippen LogP contribution in [0.15, 0.2) is 33.4 Å². The topological polar surface area (TPSA) is 24.4 Å². The zero-order chi connectivity index (χ0) is 14.0. The van der Waals surface area contributed by atoms with E-state index in [1.165, 1.54) is 5.56 Å². The largest absolute Gasteiger partial charge is 0.396 e. The molecule has 0 unspecified atom stereocenters. The van der Waals surface area contributed by atoms with Crippen molar-refractivity contribution >= 4 is 38.2 Å². The Hall–Kier alpha value is -0.396. The van der Waals surface area contributed by atoms with Crippen molar-refractivity contribution < 1.29 is 0 Å². The highest BCUT2D eigenvalue weighted by atomic mass is 79.9. The van der Waals surface area contributed by atoms with Crippen LogP contribution in [0.3, 0.4) is 0 Å². The molecule has 1 aromatic rings. The van der Waals surface area contributed by atoms with E-state index in [1.807, 2.05) is 0 Å². The molecule has 0 spiro atoms. The predicted octanol–water partition coefficient (Wildman–Crippen LogP) is 4.46. The number of hydrogen-bond acceptors (Lipinski definition) is 1. The van der Waals surface area contributed by atoms with Crippen LogP contribution in [0.25, 0.3) is 0 Å². The van der Waals surface area contributed by atoms with Crippen molar-refractivity contribution in [2.75, 3.05) is 0 Å². The molecule has 5 heteroatoms. The van der Waals surface area contributed by atoms with Crippen LogP contribution < -0.4 is 4.98 Å². The highest BCUT2D eigenvalue weighted by Crippen LogP contribution is 2.13. The van der Waals surface area contributed by atoms with Gasteiger partial charge in [0, 0.05) is 10.0 Å². The molecule has 100 valence electrons. The summed E-state index contributed by atoms with van der Waals surface area (Å²) in [6.45, 7) is 13.7. The summed E-state index contributed by atoms with van der Waals surface area (Å²) >= 11 is 3.47. The number of benzene rings is 1. The van der Waals surface area contributed by atoms with Crippen LogP contribution in [0.1, 0.15) is 5.56 Å². The van der Waals surface area contributed by atoms with Gasteiger partial charge in [-0.25, -0.2) is 0 Å². The molecule has 0 saturated heterocycles. The van der Waals surface area contributed by atoms with E-state index in [1.54, 1.807) is 0 Å². The van der Waals surface area contributed by atoms with Crippen molar-refractivity contribution in [3.8, 4) is 0 Å². The number of rotatable bonds is 3. The molecular weight excluding hydrogens is 320 g/mol. The molecule has 0 bridgehead atoms. The molecular formula is C13H23BrN2Si2. The maximum absolute atomic E-state index is 4.96. The van der Waals surface area contributed by atoms with Gasteiger partial charge in [0.25, 0.3) is 0 Å². The summed E-state index contributed by atoms with van der Waals surface area (Å²) in [5.74, 6) is 1.07. The Balaban J connectivity index is 3.13. The third-order valence-corrected chi connectivity index (χ3v) is 4.47. The van der Waals surface area contributed by atoms with Crippen molar-refractivity contribution in [1.82, 2.24) is 4.98 Å². The Morgan fingerprint density at radius 2 is 1.50 bits per heavy atom. The standard InChI is InChI=1S/C13H23BrN2Si2/c1-17(2,3)15-13(16-18(4,5)6)11-7-9-12(14)10-8-11/h7-10H,1-6H3,(H,15,16). The Morgan fingerprint density at radius 1 is 1.00 bits per heavy atom. The Bertz CT molecular complexity index is 428. The SMILES string of the molecule is C[Si](C)(C)/N=C(\N[Si](C)(C)C)c1ccc(Br)cc1. The van der Waals surface area contributed by atoms with Crippen molar-refractivity contribution in [2.45, 2.75) is 39.3 Å². The molecule has 18 heavy (non-hydrogen) atoms. The lowest BCUT2D eigenvalue weighted by Crippen LogP contribution is -2.46. The fraction of sp³-hybridized carbons (Fsp3) is 0.462. The van der Waals surface area contributed by atoms with E-state index in [9.17, 15) is 0 Å². The molecule has 0 aliphatic rings. The highest BCUT2D eigenvalue weighted by Gasteiger charge is 2.20. The molecule has 0 fully saturated rings. The first-order valence-corrected chi connectivity index (χ1v) is 13.9. The zero-order valence-electron chi connectivity index (χ0n) is 12.1. The van der Waals surface area contributed by atoms with Crippen LogP contribution in [-0.4, -0.2) is 22.3 Å². The molecule has 1 N–H and O–H groups in total. The van der Waals surface area contributed by atoms with Crippen molar-refractivity contribution in [3.63, 3.8) is 0 Å². The van der Waals surface area contributed by atoms with Gasteiger partial charge < -0.3 is 9.64 Å². The summed E-state index contributed by atoms with van der Waals surface area (Å²) in [5, 5.41) is 0. The first kappa shape index (κ1) is 15.7. The molecule has 0 saturated carbocycles. The quantitative estimate of drug-likeness (QED) is 0.489. The number of nitrogens with one attached hydrogen (secondary N) is 1. The molecule has 1 aromatic carbocycles. The van der Waals surface area contributed by atoms with Gasteiger partial charge in [0.1, 0.15) is 14.1 Å². The van der Waals surface area contributed by atoms with Crippen LogP contribution in [0, 0.1) is 0 Å². The summed E-state index contributed by atoms with van der Waals surface area (Å²) in [4.78, 5) is 3.66. The van der Waals surface area contributed by atoms with Gasteiger partial charge in [0.05, 0.1) is 0 Å². The number of amidine groups is 1. The number of nitrogens with zero attached hydrogens (tertiary/aromatic N) is 1. The lowest BCUT2D eigenvalue weighted by atomic mass is 10.2. The van der Waals surface area contributed by atoms with E-state index in [4.69, 9.17) is 4.66 Å². The second-order valence-corrected chi connectivity index (χ2v) is 16.7. The summed E-state index contributed by atoms with van der Waals surface area (Å²) in [5.41, 5.74) is 1.18. The van der Waals surface area contributed by atoms with Crippen molar-refractivity contribution in [2.24, 2.45) is 4.66 Å². The summed E-state index contributed by atoms with van der Waals surface area (Å²) in [6, 6.07) is 8.38. The van der Waals surface area contributed by atoms with Crippen LogP contribution in [0.5, 0.6) is 0 Å². The second kappa shape index (κ2) is 5.71. The third kappa shape index (κ3) is 5.97. The van der Waals surface area contributed by atoms with Gasteiger partial charge in [-0.05, 0) is 31.8 Å². The lowest BCUT2D eigenvalue weighted by molar-refractivity contribution is 1.30. The van der Waals surface area contributed by atoms with Gasteiger partial charge in [0.2, 0.25) is 0 Å². The molecule has 0 radical (unpaired) electrons. The average molecular weight is 343 g/mol. The number of hydrogen-bond donors (Lipinski definition) is 1. The molecule has 0 heterocycles. The minimum absolute atomic E-state index is 1.07. The Morgan fingerprint density at radius 3 is 1.89 bits per heavy atom.